The lowest BCUT2D eigenvalue weighted by atomic mass is 9.76. The second-order valence-corrected chi connectivity index (χ2v) is 9.16. The molecular weight excluding hydrogens is 410 g/mol. The van der Waals surface area contributed by atoms with Gasteiger partial charge in [0.05, 0.1) is 12.6 Å². The lowest BCUT2D eigenvalue weighted by molar-refractivity contribution is -0.134. The topological polar surface area (TPSA) is 49.8 Å². The molecule has 1 saturated carbocycles. The maximum absolute atomic E-state index is 11.4. The Bertz CT molecular complexity index is 1190. The van der Waals surface area contributed by atoms with Gasteiger partial charge in [-0.3, -0.25) is 0 Å². The summed E-state index contributed by atoms with van der Waals surface area (Å²) in [5.41, 5.74) is 6.73. The minimum absolute atomic E-state index is 0.307. The number of fused-ring (bicyclic) bond motifs is 1. The molecule has 1 fully saturated rings. The Hall–Kier alpha value is -3.53. The number of methoxy groups -OCH3 is 1. The van der Waals surface area contributed by atoms with Crippen LogP contribution in [0, 0.1) is 0 Å². The normalized spacial score (nSPS) is 20.0. The van der Waals surface area contributed by atoms with E-state index in [1.54, 1.807) is 12.1 Å². The zero-order valence-electron chi connectivity index (χ0n) is 19.1. The van der Waals surface area contributed by atoms with E-state index >= 15 is 0 Å². The third-order valence-corrected chi connectivity index (χ3v) is 7.10. The number of rotatable bonds is 5. The van der Waals surface area contributed by atoms with Crippen LogP contribution in [0.5, 0.6) is 5.75 Å². The van der Waals surface area contributed by atoms with E-state index in [0.717, 1.165) is 30.0 Å². The Morgan fingerprint density at radius 3 is 2.45 bits per heavy atom. The van der Waals surface area contributed by atoms with E-state index in [4.69, 9.17) is 4.74 Å². The van der Waals surface area contributed by atoms with Crippen LogP contribution in [-0.4, -0.2) is 24.7 Å². The summed E-state index contributed by atoms with van der Waals surface area (Å²) in [7, 11) is 1.38. The van der Waals surface area contributed by atoms with Crippen molar-refractivity contribution in [1.29, 1.82) is 0 Å². The van der Waals surface area contributed by atoms with E-state index in [1.165, 1.54) is 48.4 Å². The third kappa shape index (κ3) is 4.02. The molecule has 3 aromatic carbocycles. The number of anilines is 1. The Morgan fingerprint density at radius 2 is 1.79 bits per heavy atom. The number of hydrogen-bond donors (Lipinski definition) is 1. The Morgan fingerprint density at radius 1 is 1.06 bits per heavy atom. The lowest BCUT2D eigenvalue weighted by Gasteiger charge is -2.48. The standard InChI is InChI=1S/C29H29NO3/c1-29(24-10-3-20(4-11-24)5-16-28(32)33-2)27-15-14-26(31)19-23(27)17-18-30(29)25-12-8-22(9-13-25)21-6-7-21/h3-5,8-16,19,21,31H,6-7,17-18H2,1-2H3/b16-5+. The Kier molecular flexibility index (Phi) is 5.45. The van der Waals surface area contributed by atoms with Gasteiger partial charge >= 0.3 is 5.97 Å². The first kappa shape index (κ1) is 21.3. The second-order valence-electron chi connectivity index (χ2n) is 9.16. The summed E-state index contributed by atoms with van der Waals surface area (Å²) in [4.78, 5) is 13.9. The number of ether oxygens (including phenoxy) is 1. The van der Waals surface area contributed by atoms with Crippen LogP contribution in [0.1, 0.15) is 53.5 Å². The SMILES string of the molecule is COC(=O)/C=C/c1ccc(C2(C)c3ccc(O)cc3CCN2c2ccc(C3CC3)cc2)cc1. The van der Waals surface area contributed by atoms with Crippen molar-refractivity contribution in [2.45, 2.75) is 37.6 Å². The zero-order valence-corrected chi connectivity index (χ0v) is 19.1. The Labute approximate surface area is 195 Å². The number of carbonyl (C=O) groups excluding carboxylic acids is 1. The molecule has 1 atom stereocenters. The van der Waals surface area contributed by atoms with Gasteiger partial charge in [0, 0.05) is 18.3 Å². The summed E-state index contributed by atoms with van der Waals surface area (Å²) in [6.07, 6.45) is 6.68. The molecule has 1 aliphatic carbocycles. The smallest absolute Gasteiger partial charge is 0.330 e. The molecule has 0 aromatic heterocycles. The molecule has 0 saturated heterocycles. The molecule has 1 unspecified atom stereocenters. The highest BCUT2D eigenvalue weighted by atomic mass is 16.5. The molecule has 5 rings (SSSR count). The minimum atomic E-state index is -0.396. The molecule has 33 heavy (non-hydrogen) atoms. The van der Waals surface area contributed by atoms with Crippen molar-refractivity contribution < 1.29 is 14.6 Å². The van der Waals surface area contributed by atoms with Gasteiger partial charge in [-0.2, -0.15) is 0 Å². The summed E-state index contributed by atoms with van der Waals surface area (Å²) < 4.78 is 4.69. The molecule has 4 heteroatoms. The molecular formula is C29H29NO3. The van der Waals surface area contributed by atoms with Gasteiger partial charge in [0.2, 0.25) is 0 Å². The van der Waals surface area contributed by atoms with E-state index in [1.807, 2.05) is 18.2 Å². The van der Waals surface area contributed by atoms with Gasteiger partial charge in [-0.05, 0) is 90.3 Å². The van der Waals surface area contributed by atoms with Gasteiger partial charge in [-0.25, -0.2) is 4.79 Å². The van der Waals surface area contributed by atoms with Crippen LogP contribution < -0.4 is 4.90 Å². The second kappa shape index (κ2) is 8.43. The van der Waals surface area contributed by atoms with Crippen molar-refractivity contribution in [2.24, 2.45) is 0 Å². The van der Waals surface area contributed by atoms with E-state index in [0.29, 0.717) is 5.75 Å². The van der Waals surface area contributed by atoms with E-state index in [2.05, 4.69) is 54.3 Å². The van der Waals surface area contributed by atoms with Crippen molar-refractivity contribution in [3.8, 4) is 5.75 Å². The monoisotopic (exact) mass is 439 g/mol. The summed E-state index contributed by atoms with van der Waals surface area (Å²) in [5.74, 6) is 0.676. The maximum atomic E-state index is 11.4. The highest BCUT2D eigenvalue weighted by Crippen LogP contribution is 2.45. The molecule has 1 aliphatic heterocycles. The fourth-order valence-corrected chi connectivity index (χ4v) is 5.06. The number of phenolic OH excluding ortho intramolecular Hbond substituents is 1. The van der Waals surface area contributed by atoms with E-state index in [-0.39, 0.29) is 5.97 Å². The fraction of sp³-hybridized carbons (Fsp3) is 0.276. The largest absolute Gasteiger partial charge is 0.508 e. The zero-order chi connectivity index (χ0) is 23.0. The predicted octanol–water partition coefficient (Wildman–Crippen LogP) is 5.78. The maximum Gasteiger partial charge on any atom is 0.330 e. The molecule has 4 nitrogen and oxygen atoms in total. The van der Waals surface area contributed by atoms with Gasteiger partial charge in [0.1, 0.15) is 5.75 Å². The van der Waals surface area contributed by atoms with Crippen molar-refractivity contribution in [2.75, 3.05) is 18.6 Å². The summed E-state index contributed by atoms with van der Waals surface area (Å²) in [6, 6.07) is 23.1. The van der Waals surface area contributed by atoms with Crippen LogP contribution in [0.2, 0.25) is 0 Å². The molecule has 1 N–H and O–H groups in total. The fourth-order valence-electron chi connectivity index (χ4n) is 5.06. The predicted molar refractivity (Wildman–Crippen MR) is 132 cm³/mol. The summed E-state index contributed by atoms with van der Waals surface area (Å²) >= 11 is 0. The first-order chi connectivity index (χ1) is 16.0. The average Bonchev–Trinajstić information content (AvgIpc) is 3.69. The number of aromatic hydroxyl groups is 1. The first-order valence-corrected chi connectivity index (χ1v) is 11.6. The number of hydrogen-bond acceptors (Lipinski definition) is 4. The molecule has 1 heterocycles. The van der Waals surface area contributed by atoms with Crippen LogP contribution in [0.3, 0.4) is 0 Å². The summed E-state index contributed by atoms with van der Waals surface area (Å²) in [6.45, 7) is 3.12. The Balaban J connectivity index is 1.56. The van der Waals surface area contributed by atoms with Gasteiger partial charge in [0.25, 0.3) is 0 Å². The number of carbonyl (C=O) groups is 1. The van der Waals surface area contributed by atoms with Crippen LogP contribution in [0.15, 0.2) is 72.8 Å². The first-order valence-electron chi connectivity index (χ1n) is 11.6. The van der Waals surface area contributed by atoms with Crippen LogP contribution in [0.25, 0.3) is 6.08 Å². The summed E-state index contributed by atoms with van der Waals surface area (Å²) in [5, 5.41) is 10.1. The van der Waals surface area contributed by atoms with Gasteiger partial charge < -0.3 is 14.7 Å². The molecule has 3 aromatic rings. The van der Waals surface area contributed by atoms with Gasteiger partial charge in [0.15, 0.2) is 0 Å². The highest BCUT2D eigenvalue weighted by molar-refractivity contribution is 5.86. The van der Waals surface area contributed by atoms with Gasteiger partial charge in [-0.1, -0.05) is 42.5 Å². The van der Waals surface area contributed by atoms with Crippen LogP contribution in [-0.2, 0) is 21.5 Å². The average molecular weight is 440 g/mol. The van der Waals surface area contributed by atoms with Crippen molar-refractivity contribution in [3.63, 3.8) is 0 Å². The number of nitrogens with zero attached hydrogens (tertiary/aromatic N) is 1. The van der Waals surface area contributed by atoms with Gasteiger partial charge in [-0.15, -0.1) is 0 Å². The van der Waals surface area contributed by atoms with E-state index < -0.39 is 5.54 Å². The quantitative estimate of drug-likeness (QED) is 0.404. The number of benzene rings is 3. The van der Waals surface area contributed by atoms with E-state index in [9.17, 15) is 9.90 Å². The van der Waals surface area contributed by atoms with Crippen molar-refractivity contribution >= 4 is 17.7 Å². The highest BCUT2D eigenvalue weighted by Gasteiger charge is 2.40. The molecule has 168 valence electrons. The van der Waals surface area contributed by atoms with Crippen LogP contribution in [0.4, 0.5) is 5.69 Å². The third-order valence-electron chi connectivity index (χ3n) is 7.10. The molecule has 2 aliphatic rings. The van der Waals surface area contributed by atoms with Crippen molar-refractivity contribution in [1.82, 2.24) is 0 Å². The molecule has 0 radical (unpaired) electrons. The lowest BCUT2D eigenvalue weighted by Crippen LogP contribution is -2.49. The molecule has 0 bridgehead atoms. The molecule has 0 amide bonds. The minimum Gasteiger partial charge on any atom is -0.508 e. The van der Waals surface area contributed by atoms with Crippen molar-refractivity contribution in [3.05, 3.63) is 101 Å². The van der Waals surface area contributed by atoms with Crippen LogP contribution >= 0.6 is 0 Å². The number of esters is 1. The number of phenols is 1. The molecule has 0 spiro atoms.